The zero-order valence-electron chi connectivity index (χ0n) is 12.8. The Morgan fingerprint density at radius 2 is 1.82 bits per heavy atom. The van der Waals surface area contributed by atoms with Crippen molar-refractivity contribution < 1.29 is 0 Å². The van der Waals surface area contributed by atoms with Crippen LogP contribution in [0.5, 0.6) is 0 Å². The van der Waals surface area contributed by atoms with E-state index in [0.717, 1.165) is 5.92 Å². The fourth-order valence-electron chi connectivity index (χ4n) is 1.96. The molecule has 0 aromatic carbocycles. The molecule has 0 saturated carbocycles. The normalized spacial score (nSPS) is 13.6. The lowest BCUT2D eigenvalue weighted by molar-refractivity contribution is 0.268. The Morgan fingerprint density at radius 1 is 1.12 bits per heavy atom. The molecule has 0 fully saturated rings. The Hall–Kier alpha value is -0.0800. The highest BCUT2D eigenvalue weighted by Gasteiger charge is 2.05. The van der Waals surface area contributed by atoms with Gasteiger partial charge in [-0.1, -0.05) is 33.1 Å². The smallest absolute Gasteiger partial charge is 0.00355 e. The predicted molar refractivity (Wildman–Crippen MR) is 78.6 cm³/mol. The summed E-state index contributed by atoms with van der Waals surface area (Å²) < 4.78 is 0. The van der Waals surface area contributed by atoms with Crippen LogP contribution in [0.25, 0.3) is 0 Å². The minimum atomic E-state index is 0.669. The molecule has 1 unspecified atom stereocenters. The molecule has 0 heterocycles. The summed E-state index contributed by atoms with van der Waals surface area (Å²) in [6.45, 7) is 12.7. The molecule has 2 nitrogen and oxygen atoms in total. The quantitative estimate of drug-likeness (QED) is 0.558. The maximum absolute atomic E-state index is 3.61. The third kappa shape index (κ3) is 9.61. The molecule has 0 radical (unpaired) electrons. The van der Waals surface area contributed by atoms with E-state index < -0.39 is 0 Å². The largest absolute Gasteiger partial charge is 0.316 e. The van der Waals surface area contributed by atoms with Crippen molar-refractivity contribution in [3.05, 3.63) is 0 Å². The number of hydrogen-bond acceptors (Lipinski definition) is 2. The fraction of sp³-hybridized carbons (Fsp3) is 1.00. The van der Waals surface area contributed by atoms with Crippen LogP contribution in [0.4, 0.5) is 0 Å². The van der Waals surface area contributed by atoms with E-state index in [-0.39, 0.29) is 0 Å². The first-order valence-corrected chi connectivity index (χ1v) is 7.52. The van der Waals surface area contributed by atoms with Gasteiger partial charge in [-0.05, 0) is 59.3 Å². The van der Waals surface area contributed by atoms with E-state index in [0.29, 0.717) is 6.04 Å². The maximum atomic E-state index is 3.61. The van der Waals surface area contributed by atoms with Crippen LogP contribution in [0, 0.1) is 5.92 Å². The van der Waals surface area contributed by atoms with E-state index in [9.17, 15) is 0 Å². The van der Waals surface area contributed by atoms with Crippen LogP contribution >= 0.6 is 0 Å². The summed E-state index contributed by atoms with van der Waals surface area (Å²) in [5.74, 6) is 0.887. The molecule has 0 aliphatic heterocycles. The van der Waals surface area contributed by atoms with Gasteiger partial charge in [-0.3, -0.25) is 0 Å². The molecular formula is C15H34N2. The lowest BCUT2D eigenvalue weighted by Gasteiger charge is -2.21. The third-order valence-corrected chi connectivity index (χ3v) is 3.72. The molecule has 17 heavy (non-hydrogen) atoms. The van der Waals surface area contributed by atoms with Crippen molar-refractivity contribution in [3.63, 3.8) is 0 Å². The molecule has 0 spiro atoms. The van der Waals surface area contributed by atoms with Gasteiger partial charge in [0.2, 0.25) is 0 Å². The van der Waals surface area contributed by atoms with Gasteiger partial charge in [-0.2, -0.15) is 0 Å². The lowest BCUT2D eigenvalue weighted by Crippen LogP contribution is -2.30. The number of nitrogens with zero attached hydrogens (tertiary/aromatic N) is 1. The monoisotopic (exact) mass is 242 g/mol. The zero-order chi connectivity index (χ0) is 13.1. The van der Waals surface area contributed by atoms with Gasteiger partial charge in [0.05, 0.1) is 0 Å². The molecule has 0 rings (SSSR count). The van der Waals surface area contributed by atoms with Gasteiger partial charge in [0.25, 0.3) is 0 Å². The number of hydrogen-bond donors (Lipinski definition) is 1. The van der Waals surface area contributed by atoms with Crippen LogP contribution in [0.15, 0.2) is 0 Å². The topological polar surface area (TPSA) is 15.3 Å². The molecule has 0 aromatic rings. The number of unbranched alkanes of at least 4 members (excludes halogenated alkanes) is 1. The van der Waals surface area contributed by atoms with Crippen LogP contribution < -0.4 is 5.32 Å². The highest BCUT2D eigenvalue weighted by molar-refractivity contribution is 4.62. The summed E-state index contributed by atoms with van der Waals surface area (Å²) in [5, 5.41) is 3.61. The Morgan fingerprint density at radius 3 is 2.35 bits per heavy atom. The maximum Gasteiger partial charge on any atom is 0.00355 e. The van der Waals surface area contributed by atoms with Crippen molar-refractivity contribution in [1.29, 1.82) is 0 Å². The Kier molecular flexibility index (Phi) is 11.0. The molecule has 0 amide bonds. The van der Waals surface area contributed by atoms with Crippen LogP contribution in [-0.4, -0.2) is 37.6 Å². The summed E-state index contributed by atoms with van der Waals surface area (Å²) in [5.41, 5.74) is 0. The average Bonchev–Trinajstić information content (AvgIpc) is 2.32. The standard InChI is InChI=1S/C15H34N2/c1-6-8-10-15(7-2)13-16-11-9-12-17(5)14(3)4/h14-16H,6-13H2,1-5H3. The van der Waals surface area contributed by atoms with Gasteiger partial charge in [0.1, 0.15) is 0 Å². The van der Waals surface area contributed by atoms with Crippen LogP contribution in [0.1, 0.15) is 59.8 Å². The Balaban J connectivity index is 3.42. The van der Waals surface area contributed by atoms with Crippen molar-refractivity contribution in [3.8, 4) is 0 Å². The first-order valence-electron chi connectivity index (χ1n) is 7.52. The molecule has 104 valence electrons. The van der Waals surface area contributed by atoms with E-state index in [1.807, 2.05) is 0 Å². The van der Waals surface area contributed by atoms with E-state index in [2.05, 4.69) is 45.0 Å². The molecule has 0 aliphatic rings. The molecule has 0 bridgehead atoms. The summed E-state index contributed by atoms with van der Waals surface area (Å²) in [6.07, 6.45) is 6.69. The van der Waals surface area contributed by atoms with Gasteiger partial charge in [-0.15, -0.1) is 0 Å². The second kappa shape index (κ2) is 11.0. The molecule has 2 heteroatoms. The van der Waals surface area contributed by atoms with Gasteiger partial charge in [0, 0.05) is 6.04 Å². The van der Waals surface area contributed by atoms with Crippen molar-refractivity contribution >= 4 is 0 Å². The summed E-state index contributed by atoms with van der Waals surface area (Å²) in [7, 11) is 2.21. The summed E-state index contributed by atoms with van der Waals surface area (Å²) in [4.78, 5) is 2.41. The average molecular weight is 242 g/mol. The lowest BCUT2D eigenvalue weighted by atomic mass is 9.99. The van der Waals surface area contributed by atoms with E-state index in [1.165, 1.54) is 51.7 Å². The van der Waals surface area contributed by atoms with E-state index >= 15 is 0 Å². The molecule has 0 saturated heterocycles. The van der Waals surface area contributed by atoms with Crippen molar-refractivity contribution in [2.45, 2.75) is 65.8 Å². The zero-order valence-corrected chi connectivity index (χ0v) is 12.8. The second-order valence-corrected chi connectivity index (χ2v) is 5.55. The van der Waals surface area contributed by atoms with Crippen LogP contribution in [0.2, 0.25) is 0 Å². The number of nitrogens with one attached hydrogen (secondary N) is 1. The van der Waals surface area contributed by atoms with Crippen molar-refractivity contribution in [1.82, 2.24) is 10.2 Å². The van der Waals surface area contributed by atoms with Gasteiger partial charge in [-0.25, -0.2) is 0 Å². The molecular weight excluding hydrogens is 208 g/mol. The minimum absolute atomic E-state index is 0.669. The summed E-state index contributed by atoms with van der Waals surface area (Å²) >= 11 is 0. The number of rotatable bonds is 11. The van der Waals surface area contributed by atoms with E-state index in [1.54, 1.807) is 0 Å². The highest BCUT2D eigenvalue weighted by Crippen LogP contribution is 2.11. The minimum Gasteiger partial charge on any atom is -0.316 e. The van der Waals surface area contributed by atoms with Crippen LogP contribution in [0.3, 0.4) is 0 Å². The molecule has 1 N–H and O–H groups in total. The molecule has 0 aliphatic carbocycles. The second-order valence-electron chi connectivity index (χ2n) is 5.55. The SMILES string of the molecule is CCCCC(CC)CNCCCN(C)C(C)C. The van der Waals surface area contributed by atoms with E-state index in [4.69, 9.17) is 0 Å². The fourth-order valence-corrected chi connectivity index (χ4v) is 1.96. The van der Waals surface area contributed by atoms with Gasteiger partial charge in [0.15, 0.2) is 0 Å². The highest BCUT2D eigenvalue weighted by atomic mass is 15.1. The van der Waals surface area contributed by atoms with Gasteiger partial charge >= 0.3 is 0 Å². The Bertz CT molecular complexity index is 157. The van der Waals surface area contributed by atoms with Crippen LogP contribution in [-0.2, 0) is 0 Å². The Labute approximate surface area is 109 Å². The first kappa shape index (κ1) is 16.9. The predicted octanol–water partition coefficient (Wildman–Crippen LogP) is 3.52. The van der Waals surface area contributed by atoms with Crippen molar-refractivity contribution in [2.75, 3.05) is 26.7 Å². The first-order chi connectivity index (χ1) is 8.11. The third-order valence-electron chi connectivity index (χ3n) is 3.72. The molecule has 0 aromatic heterocycles. The van der Waals surface area contributed by atoms with Gasteiger partial charge < -0.3 is 10.2 Å². The molecule has 1 atom stereocenters. The summed E-state index contributed by atoms with van der Waals surface area (Å²) in [6, 6.07) is 0.669. The van der Waals surface area contributed by atoms with Crippen molar-refractivity contribution in [2.24, 2.45) is 5.92 Å².